The van der Waals surface area contributed by atoms with Gasteiger partial charge in [-0.15, -0.1) is 0 Å². The summed E-state index contributed by atoms with van der Waals surface area (Å²) in [5.74, 6) is -24.7. The third-order valence-corrected chi connectivity index (χ3v) is 19.1. The van der Waals surface area contributed by atoms with E-state index in [9.17, 15) is 126 Å². The number of hydrogen-bond acceptors (Lipinski definition) is 23. The van der Waals surface area contributed by atoms with Crippen LogP contribution in [-0.4, -0.2) is 269 Å². The zero-order valence-electron chi connectivity index (χ0n) is 65.7. The molecule has 2 aliphatic rings. The number of likely N-dealkylation sites (tertiary alicyclic amines) is 2. The number of phosphoric ester groups is 1. The Morgan fingerprint density at radius 2 is 0.861 bits per heavy atom. The van der Waals surface area contributed by atoms with Crippen LogP contribution < -0.4 is 87.2 Å². The van der Waals surface area contributed by atoms with Gasteiger partial charge in [0, 0.05) is 45.3 Å². The van der Waals surface area contributed by atoms with Crippen LogP contribution in [0.4, 0.5) is 0 Å². The van der Waals surface area contributed by atoms with Crippen LogP contribution in [0.1, 0.15) is 171 Å². The molecule has 0 radical (unpaired) electrons. The van der Waals surface area contributed by atoms with Crippen molar-refractivity contribution in [2.45, 2.75) is 256 Å². The summed E-state index contributed by atoms with van der Waals surface area (Å²) >= 11 is 0. The molecule has 2 rings (SSSR count). The van der Waals surface area contributed by atoms with Gasteiger partial charge in [0.25, 0.3) is 0 Å². The molecule has 115 heavy (non-hydrogen) atoms. The van der Waals surface area contributed by atoms with Gasteiger partial charge in [0.2, 0.25) is 88.6 Å². The van der Waals surface area contributed by atoms with Crippen LogP contribution in [-0.2, 0) is 100 Å². The van der Waals surface area contributed by atoms with E-state index in [2.05, 4.69) is 62.7 Å². The average molecular weight is 1660 g/mol. The Morgan fingerprint density at radius 1 is 0.461 bits per heavy atom. The molecule has 0 aromatic rings. The average Bonchev–Trinajstić information content (AvgIpc) is 1.73. The Kier molecular flexibility index (Phi) is 42.3. The molecule has 0 aliphatic carbocycles. The second-order valence-corrected chi connectivity index (χ2v) is 30.4. The zero-order valence-corrected chi connectivity index (χ0v) is 66.6. The van der Waals surface area contributed by atoms with Crippen LogP contribution in [0.2, 0.25) is 0 Å². The fraction of sp³-hybridized carbons (Fsp3) is 0.706. The zero-order chi connectivity index (χ0) is 87.6. The standard InChI is InChI=1S/C68H114N19O27P/c1-10-34(8)53(85-58(100)39(20-24-50(94)95)78-59(101)41(28-31(2)3)81-57(99)36(17-21-46(69)88)79-62(104)44-15-12-26-86(44)65(107)51(71)32(4)5)64(106)84-52(33(6)7)66(108)87-27-13-16-45(87)63(105)82-42(29-47(70)89)60(102)83-43(30-114-115(111,112)113)61(103)75-35(9)54(96)76-37(18-22-48(90)91)55(97)77-38(19-23-49(92)93)56(98)80-40(67(109)110)14-11-25-74-68(72)73/h31-45,51-53H,10-30,71H2,1-9H3,(H2,69,88)(H2,70,89)(H,75,103)(H,76,96)(H,77,97)(H,78,101)(H,79,104)(H,80,98)(H,81,99)(H,82,105)(H,83,102)(H,84,106)(H,85,100)(H,90,91)(H,92,93)(H,94,95)(H,109,110)(H4,72,73,74)(H2,111,112,113)/t34-,35-,36-,37-,38-,39-,40-,41-,42-,43-,44-,45-,51-,52-,53-/m0/s1. The lowest BCUT2D eigenvalue weighted by Crippen LogP contribution is -2.62. The molecule has 0 spiro atoms. The first kappa shape index (κ1) is 100. The summed E-state index contributed by atoms with van der Waals surface area (Å²) in [5, 5.41) is 64.0. The number of phosphoric acid groups is 1. The van der Waals surface area contributed by atoms with E-state index in [1.807, 2.05) is 5.32 Å². The van der Waals surface area contributed by atoms with E-state index >= 15 is 0 Å². The van der Waals surface area contributed by atoms with Crippen LogP contribution >= 0.6 is 7.82 Å². The molecule has 2 fully saturated rings. The number of carboxylic acids is 4. The number of nitrogens with one attached hydrogen (secondary N) is 11. The van der Waals surface area contributed by atoms with E-state index < -0.39 is 275 Å². The lowest BCUT2D eigenvalue weighted by molar-refractivity contribution is -0.144. The van der Waals surface area contributed by atoms with Gasteiger partial charge in [0.05, 0.1) is 19.1 Å². The third kappa shape index (κ3) is 35.7. The van der Waals surface area contributed by atoms with Crippen molar-refractivity contribution < 1.29 is 130 Å². The second-order valence-electron chi connectivity index (χ2n) is 29.1. The van der Waals surface area contributed by atoms with Crippen LogP contribution in [0.3, 0.4) is 0 Å². The van der Waals surface area contributed by atoms with Gasteiger partial charge in [-0.05, 0) is 101 Å². The number of amides is 15. The van der Waals surface area contributed by atoms with Gasteiger partial charge in [-0.3, -0.25) is 95.8 Å². The summed E-state index contributed by atoms with van der Waals surface area (Å²) in [5.41, 5.74) is 27.6. The van der Waals surface area contributed by atoms with E-state index in [1.54, 1.807) is 41.5 Å². The molecule has 2 aliphatic heterocycles. The van der Waals surface area contributed by atoms with Gasteiger partial charge in [-0.2, -0.15) is 0 Å². The number of carbonyl (C=O) groups excluding carboxylic acids is 15. The van der Waals surface area contributed by atoms with E-state index in [1.165, 1.54) is 18.7 Å². The molecule has 0 unspecified atom stereocenters. The van der Waals surface area contributed by atoms with E-state index in [0.717, 1.165) is 11.8 Å². The largest absolute Gasteiger partial charge is 0.481 e. The highest BCUT2D eigenvalue weighted by Gasteiger charge is 2.44. The molecule has 27 N–H and O–H groups in total. The number of aliphatic carboxylic acids is 4. The van der Waals surface area contributed by atoms with E-state index in [4.69, 9.17) is 28.7 Å². The van der Waals surface area contributed by atoms with E-state index in [-0.39, 0.29) is 88.8 Å². The maximum atomic E-state index is 14.7. The van der Waals surface area contributed by atoms with Crippen molar-refractivity contribution in [1.82, 2.24) is 68.3 Å². The van der Waals surface area contributed by atoms with Crippen LogP contribution in [0.25, 0.3) is 0 Å². The van der Waals surface area contributed by atoms with Gasteiger partial charge in [0.1, 0.15) is 78.5 Å². The number of nitrogens with two attached hydrogens (primary N) is 5. The molecule has 46 nitrogen and oxygen atoms in total. The minimum Gasteiger partial charge on any atom is -0.481 e. The molecule has 648 valence electrons. The van der Waals surface area contributed by atoms with Crippen LogP contribution in [0.5, 0.6) is 0 Å². The van der Waals surface area contributed by atoms with Crippen molar-refractivity contribution >= 4 is 126 Å². The first-order valence-corrected chi connectivity index (χ1v) is 38.9. The maximum absolute atomic E-state index is 14.7. The Balaban J connectivity index is 2.45. The van der Waals surface area contributed by atoms with Gasteiger partial charge in [-0.25, -0.2) is 9.36 Å². The lowest BCUT2D eigenvalue weighted by Gasteiger charge is -2.33. The van der Waals surface area contributed by atoms with E-state index in [0.29, 0.717) is 6.42 Å². The predicted octanol–water partition coefficient (Wildman–Crippen LogP) is -6.96. The summed E-state index contributed by atoms with van der Waals surface area (Å²) < 4.78 is 16.5. The van der Waals surface area contributed by atoms with Gasteiger partial charge in [-0.1, -0.05) is 61.8 Å². The molecule has 0 aromatic carbocycles. The molecular weight excluding hydrogens is 1550 g/mol. The highest BCUT2D eigenvalue weighted by atomic mass is 31.2. The fourth-order valence-corrected chi connectivity index (χ4v) is 12.3. The number of primary amides is 2. The number of rotatable bonds is 52. The van der Waals surface area contributed by atoms with Gasteiger partial charge in [0.15, 0.2) is 5.96 Å². The number of hydrogen-bond donors (Lipinski definition) is 22. The summed E-state index contributed by atoms with van der Waals surface area (Å²) in [6.45, 7) is 12.6. The molecule has 15 atom stereocenters. The Labute approximate surface area is 662 Å². The van der Waals surface area contributed by atoms with Crippen molar-refractivity contribution in [2.24, 2.45) is 57.3 Å². The van der Waals surface area contributed by atoms with Crippen molar-refractivity contribution in [1.29, 1.82) is 0 Å². The summed E-state index contributed by atoms with van der Waals surface area (Å²) in [6, 6.07) is -22.8. The van der Waals surface area contributed by atoms with Crippen molar-refractivity contribution in [2.75, 3.05) is 26.2 Å². The predicted molar refractivity (Wildman–Crippen MR) is 401 cm³/mol. The Bertz CT molecular complexity index is 3580. The quantitative estimate of drug-likeness (QED) is 0.0116. The van der Waals surface area contributed by atoms with Crippen LogP contribution in [0.15, 0.2) is 4.99 Å². The number of guanidine groups is 1. The smallest absolute Gasteiger partial charge is 0.469 e. The number of aliphatic imine (C=N–C) groups is 1. The normalized spacial score (nSPS) is 17.4. The SMILES string of the molecule is CC[C@H](C)[C@H](NC(=O)[C@H](CCC(=O)O)NC(=O)[C@H](CC(C)C)NC(=O)[C@H](CCC(N)=O)NC(=O)[C@@H]1CCCN1C(=O)[C@@H](N)C(C)C)C(=O)N[C@H](C(=O)N1CCC[C@H]1C(=O)N[C@@H](CC(N)=O)C(=O)N[C@@H](COP(=O)(O)O)C(=O)N[C@@H](C)C(=O)N[C@@H](CCC(=O)O)C(=O)N[C@@H](CCC(=O)O)C(=O)N[C@@H](CCCN=C(N)N)C(=O)O)C(C)C. The molecule has 2 saturated heterocycles. The second kappa shape index (κ2) is 48.5. The molecule has 0 aromatic heterocycles. The van der Waals surface area contributed by atoms with Gasteiger partial charge >= 0.3 is 31.7 Å². The molecule has 0 bridgehead atoms. The number of carboxylic acid groups (broad SMARTS) is 4. The molecular formula is C68H114N19O27P. The highest BCUT2D eigenvalue weighted by molar-refractivity contribution is 7.46. The van der Waals surface area contributed by atoms with Crippen molar-refractivity contribution in [3.8, 4) is 0 Å². The van der Waals surface area contributed by atoms with Crippen LogP contribution in [0, 0.1) is 23.7 Å². The molecule has 0 saturated carbocycles. The monoisotopic (exact) mass is 1660 g/mol. The summed E-state index contributed by atoms with van der Waals surface area (Å²) in [4.78, 5) is 280. The lowest BCUT2D eigenvalue weighted by atomic mass is 9.95. The fourth-order valence-electron chi connectivity index (χ4n) is 11.9. The maximum Gasteiger partial charge on any atom is 0.469 e. The first-order valence-electron chi connectivity index (χ1n) is 37.4. The number of carbonyl (C=O) groups is 19. The third-order valence-electron chi connectivity index (χ3n) is 18.6. The number of nitrogens with zero attached hydrogens (tertiary/aromatic N) is 3. The first-order chi connectivity index (χ1) is 53.5. The molecule has 47 heteroatoms. The van der Waals surface area contributed by atoms with Crippen molar-refractivity contribution in [3.63, 3.8) is 0 Å². The highest BCUT2D eigenvalue weighted by Crippen LogP contribution is 2.36. The minimum atomic E-state index is -5.54. The summed E-state index contributed by atoms with van der Waals surface area (Å²) in [7, 11) is -5.54. The molecule has 2 heterocycles. The Hall–Kier alpha value is -10.7. The molecule has 15 amide bonds. The van der Waals surface area contributed by atoms with Crippen molar-refractivity contribution in [3.05, 3.63) is 0 Å². The Morgan fingerprint density at radius 3 is 1.29 bits per heavy atom. The summed E-state index contributed by atoms with van der Waals surface area (Å²) in [6.07, 6.45) is -5.75. The topological polar surface area (TPSA) is 753 Å². The van der Waals surface area contributed by atoms with Gasteiger partial charge < -0.3 is 127 Å². The minimum absolute atomic E-state index is 0.0162.